The molecule has 1 aliphatic rings. The Kier molecular flexibility index (Phi) is 6.49. The molecule has 3 rings (SSSR count). The number of morpholine rings is 1. The van der Waals surface area contributed by atoms with E-state index in [1.54, 1.807) is 12.3 Å². The molecule has 134 valence electrons. The van der Waals surface area contributed by atoms with Crippen LogP contribution in [0.3, 0.4) is 0 Å². The second kappa shape index (κ2) is 9.03. The Hall–Kier alpha value is -1.83. The van der Waals surface area contributed by atoms with Gasteiger partial charge in [-0.05, 0) is 43.1 Å². The molecule has 0 radical (unpaired) electrons. The van der Waals surface area contributed by atoms with Gasteiger partial charge in [0.15, 0.2) is 0 Å². The van der Waals surface area contributed by atoms with Crippen molar-refractivity contribution in [3.63, 3.8) is 0 Å². The standard InChI is InChI=1S/C18H22N2O4S/c21-20(22)17-13-15(3-1-7-19-8-11-23-12-9-19)5-6-18(17)25-14-16-4-2-10-24-16/h2,4-6,10,13H,1,3,7-9,11-12,14H2. The quantitative estimate of drug-likeness (QED) is 0.405. The molecule has 1 saturated heterocycles. The first-order valence-corrected chi connectivity index (χ1v) is 9.43. The normalized spacial score (nSPS) is 15.4. The van der Waals surface area contributed by atoms with Crippen LogP contribution in [0.25, 0.3) is 0 Å². The number of nitro groups is 1. The fourth-order valence-electron chi connectivity index (χ4n) is 2.86. The fraction of sp³-hybridized carbons (Fsp3) is 0.444. The zero-order valence-electron chi connectivity index (χ0n) is 14.1. The topological polar surface area (TPSA) is 68.8 Å². The lowest BCUT2D eigenvalue weighted by Gasteiger charge is -2.26. The maximum Gasteiger partial charge on any atom is 0.283 e. The van der Waals surface area contributed by atoms with E-state index < -0.39 is 0 Å². The number of nitrogens with zero attached hydrogens (tertiary/aromatic N) is 2. The molecule has 0 N–H and O–H groups in total. The third-order valence-electron chi connectivity index (χ3n) is 4.21. The van der Waals surface area contributed by atoms with Crippen molar-refractivity contribution in [1.82, 2.24) is 4.90 Å². The molecule has 0 unspecified atom stereocenters. The number of hydrogen-bond donors (Lipinski definition) is 0. The third kappa shape index (κ3) is 5.32. The molecule has 0 atom stereocenters. The minimum atomic E-state index is -0.296. The van der Waals surface area contributed by atoms with E-state index in [0.717, 1.165) is 57.0 Å². The zero-order chi connectivity index (χ0) is 17.5. The maximum absolute atomic E-state index is 11.4. The summed E-state index contributed by atoms with van der Waals surface area (Å²) < 4.78 is 10.6. The second-order valence-electron chi connectivity index (χ2n) is 5.98. The van der Waals surface area contributed by atoms with Crippen molar-refractivity contribution in [1.29, 1.82) is 0 Å². The third-order valence-corrected chi connectivity index (χ3v) is 5.30. The summed E-state index contributed by atoms with van der Waals surface area (Å²) in [5.41, 5.74) is 1.20. The summed E-state index contributed by atoms with van der Waals surface area (Å²) >= 11 is 1.43. The van der Waals surface area contributed by atoms with Crippen LogP contribution in [0.4, 0.5) is 5.69 Å². The molecule has 0 spiro atoms. The summed E-state index contributed by atoms with van der Waals surface area (Å²) in [6.45, 7) is 4.55. The van der Waals surface area contributed by atoms with E-state index in [-0.39, 0.29) is 10.6 Å². The Morgan fingerprint density at radius 3 is 2.80 bits per heavy atom. The predicted octanol–water partition coefficient (Wildman–Crippen LogP) is 3.74. The summed E-state index contributed by atoms with van der Waals surface area (Å²) in [6, 6.07) is 9.26. The highest BCUT2D eigenvalue weighted by atomic mass is 32.2. The molecule has 0 saturated carbocycles. The van der Waals surface area contributed by atoms with Crippen molar-refractivity contribution < 1.29 is 14.1 Å². The molecule has 2 heterocycles. The first kappa shape index (κ1) is 18.0. The van der Waals surface area contributed by atoms with E-state index in [0.29, 0.717) is 10.6 Å². The van der Waals surface area contributed by atoms with E-state index in [1.807, 2.05) is 24.3 Å². The van der Waals surface area contributed by atoms with Crippen molar-refractivity contribution in [3.05, 3.63) is 58.0 Å². The van der Waals surface area contributed by atoms with Crippen LogP contribution in [0.15, 0.2) is 45.9 Å². The number of benzene rings is 1. The van der Waals surface area contributed by atoms with Crippen LogP contribution in [-0.2, 0) is 16.9 Å². The lowest BCUT2D eigenvalue weighted by molar-refractivity contribution is -0.387. The van der Waals surface area contributed by atoms with E-state index in [4.69, 9.17) is 9.15 Å². The largest absolute Gasteiger partial charge is 0.468 e. The van der Waals surface area contributed by atoms with E-state index >= 15 is 0 Å². The number of furan rings is 1. The summed E-state index contributed by atoms with van der Waals surface area (Å²) in [6.07, 6.45) is 3.46. The highest BCUT2D eigenvalue weighted by Gasteiger charge is 2.16. The summed E-state index contributed by atoms with van der Waals surface area (Å²) in [5.74, 6) is 1.40. The molecule has 0 aliphatic carbocycles. The minimum Gasteiger partial charge on any atom is -0.468 e. The zero-order valence-corrected chi connectivity index (χ0v) is 14.9. The van der Waals surface area contributed by atoms with Crippen molar-refractivity contribution in [2.24, 2.45) is 0 Å². The van der Waals surface area contributed by atoms with Gasteiger partial charge in [-0.15, -0.1) is 11.8 Å². The van der Waals surface area contributed by atoms with Gasteiger partial charge in [-0.2, -0.15) is 0 Å². The average Bonchev–Trinajstić information content (AvgIpc) is 3.15. The molecular formula is C18H22N2O4S. The molecule has 25 heavy (non-hydrogen) atoms. The van der Waals surface area contributed by atoms with Gasteiger partial charge in [0.1, 0.15) is 5.76 Å². The molecule has 6 nitrogen and oxygen atoms in total. The molecule has 7 heteroatoms. The number of ether oxygens (including phenoxy) is 1. The Balaban J connectivity index is 1.57. The highest BCUT2D eigenvalue weighted by Crippen LogP contribution is 2.32. The fourth-order valence-corrected chi connectivity index (χ4v) is 3.77. The smallest absolute Gasteiger partial charge is 0.283 e. The molecule has 1 fully saturated rings. The summed E-state index contributed by atoms with van der Waals surface area (Å²) in [4.78, 5) is 14.2. The Morgan fingerprint density at radius 1 is 1.24 bits per heavy atom. The molecule has 2 aromatic rings. The molecule has 1 aliphatic heterocycles. The summed E-state index contributed by atoms with van der Waals surface area (Å²) in [7, 11) is 0. The first-order valence-electron chi connectivity index (χ1n) is 8.45. The van der Waals surface area contributed by atoms with Gasteiger partial charge in [-0.25, -0.2) is 0 Å². The van der Waals surface area contributed by atoms with Crippen LogP contribution in [0.5, 0.6) is 0 Å². The molecule has 1 aromatic carbocycles. The van der Waals surface area contributed by atoms with Gasteiger partial charge in [0.05, 0.1) is 35.0 Å². The molecule has 0 amide bonds. The van der Waals surface area contributed by atoms with Gasteiger partial charge in [0, 0.05) is 19.2 Å². The number of rotatable bonds is 8. The van der Waals surface area contributed by atoms with Gasteiger partial charge in [-0.1, -0.05) is 6.07 Å². The second-order valence-corrected chi connectivity index (χ2v) is 7.00. The average molecular weight is 362 g/mol. The number of aryl methyl sites for hydroxylation is 1. The van der Waals surface area contributed by atoms with Crippen molar-refractivity contribution >= 4 is 17.4 Å². The van der Waals surface area contributed by atoms with Crippen molar-refractivity contribution in [3.8, 4) is 0 Å². The van der Waals surface area contributed by atoms with Gasteiger partial charge in [0.2, 0.25) is 0 Å². The van der Waals surface area contributed by atoms with Crippen LogP contribution in [0.1, 0.15) is 17.7 Å². The van der Waals surface area contributed by atoms with E-state index in [9.17, 15) is 10.1 Å². The van der Waals surface area contributed by atoms with Crippen LogP contribution in [0, 0.1) is 10.1 Å². The summed E-state index contributed by atoms with van der Waals surface area (Å²) in [5, 5.41) is 11.4. The SMILES string of the molecule is O=[N+]([O-])c1cc(CCCN2CCOCC2)ccc1SCc1ccco1. The Bertz CT molecular complexity index is 684. The van der Waals surface area contributed by atoms with Crippen LogP contribution < -0.4 is 0 Å². The first-order chi connectivity index (χ1) is 12.2. The number of hydrogen-bond acceptors (Lipinski definition) is 6. The van der Waals surface area contributed by atoms with Gasteiger partial charge in [-0.3, -0.25) is 15.0 Å². The van der Waals surface area contributed by atoms with Gasteiger partial charge >= 0.3 is 0 Å². The highest BCUT2D eigenvalue weighted by molar-refractivity contribution is 7.98. The van der Waals surface area contributed by atoms with Crippen LogP contribution in [0.2, 0.25) is 0 Å². The monoisotopic (exact) mass is 362 g/mol. The van der Waals surface area contributed by atoms with Crippen molar-refractivity contribution in [2.45, 2.75) is 23.5 Å². The van der Waals surface area contributed by atoms with Gasteiger partial charge in [0.25, 0.3) is 5.69 Å². The Morgan fingerprint density at radius 2 is 2.08 bits per heavy atom. The molecule has 1 aromatic heterocycles. The lowest BCUT2D eigenvalue weighted by Crippen LogP contribution is -2.36. The van der Waals surface area contributed by atoms with Crippen LogP contribution >= 0.6 is 11.8 Å². The van der Waals surface area contributed by atoms with E-state index in [2.05, 4.69) is 4.90 Å². The number of nitro benzene ring substituents is 1. The predicted molar refractivity (Wildman–Crippen MR) is 96.9 cm³/mol. The Labute approximate surface area is 151 Å². The lowest BCUT2D eigenvalue weighted by atomic mass is 10.1. The van der Waals surface area contributed by atoms with Crippen molar-refractivity contribution in [2.75, 3.05) is 32.8 Å². The molecule has 0 bridgehead atoms. The van der Waals surface area contributed by atoms with Crippen LogP contribution in [-0.4, -0.2) is 42.7 Å². The molecular weight excluding hydrogens is 340 g/mol. The van der Waals surface area contributed by atoms with Gasteiger partial charge < -0.3 is 9.15 Å². The van der Waals surface area contributed by atoms with E-state index in [1.165, 1.54) is 11.8 Å². The maximum atomic E-state index is 11.4. The number of thioether (sulfide) groups is 1. The minimum absolute atomic E-state index is 0.181.